The number of aromatic nitrogens is 2. The van der Waals surface area contributed by atoms with E-state index < -0.39 is 5.60 Å². The number of hydrogen-bond acceptors (Lipinski definition) is 3. The van der Waals surface area contributed by atoms with Crippen LogP contribution in [0, 0.1) is 0 Å². The minimum absolute atomic E-state index is 0.193. The zero-order valence-corrected chi connectivity index (χ0v) is 16.0. The molecular formula is C18H24BrN3O2. The lowest BCUT2D eigenvalue weighted by Gasteiger charge is -2.27. The van der Waals surface area contributed by atoms with Crippen LogP contribution < -0.4 is 0 Å². The summed E-state index contributed by atoms with van der Waals surface area (Å²) < 4.78 is 8.72. The van der Waals surface area contributed by atoms with E-state index in [4.69, 9.17) is 4.74 Å². The number of amides is 1. The van der Waals surface area contributed by atoms with Crippen LogP contribution in [0.4, 0.5) is 4.79 Å². The Balaban J connectivity index is 1.62. The number of halogens is 1. The van der Waals surface area contributed by atoms with E-state index in [0.29, 0.717) is 12.6 Å². The molecule has 2 aromatic rings. The van der Waals surface area contributed by atoms with Gasteiger partial charge in [-0.15, -0.1) is 0 Å². The molecule has 3 rings (SSSR count). The van der Waals surface area contributed by atoms with E-state index in [1.807, 2.05) is 50.2 Å². The number of carbonyl (C=O) groups excluding carboxylic acids is 1. The number of aryl methyl sites for hydroxylation is 1. The molecule has 0 radical (unpaired) electrons. The van der Waals surface area contributed by atoms with Gasteiger partial charge in [0, 0.05) is 23.6 Å². The number of nitrogens with zero attached hydrogens (tertiary/aromatic N) is 3. The number of fused-ring (bicyclic) bond motifs is 1. The minimum atomic E-state index is -0.449. The van der Waals surface area contributed by atoms with Crippen LogP contribution in [-0.2, 0) is 11.3 Å². The average molecular weight is 394 g/mol. The molecule has 1 aromatic heterocycles. The van der Waals surface area contributed by atoms with Gasteiger partial charge in [0.1, 0.15) is 5.60 Å². The van der Waals surface area contributed by atoms with Crippen molar-refractivity contribution >= 4 is 33.1 Å². The summed E-state index contributed by atoms with van der Waals surface area (Å²) in [5, 5.41) is 0. The summed E-state index contributed by atoms with van der Waals surface area (Å²) in [6.07, 6.45) is 4.71. The predicted octanol–water partition coefficient (Wildman–Crippen LogP) is 4.59. The highest BCUT2D eigenvalue weighted by atomic mass is 79.9. The Kier molecular flexibility index (Phi) is 4.85. The summed E-state index contributed by atoms with van der Waals surface area (Å²) in [5.41, 5.74) is 1.64. The molecule has 1 aliphatic rings. The molecule has 1 saturated carbocycles. The van der Waals surface area contributed by atoms with Crippen LogP contribution in [0.3, 0.4) is 0 Å². The molecule has 0 N–H and O–H groups in total. The van der Waals surface area contributed by atoms with Gasteiger partial charge in [0.05, 0.1) is 17.4 Å². The summed E-state index contributed by atoms with van der Waals surface area (Å²) in [6.45, 7) is 7.26. The van der Waals surface area contributed by atoms with Crippen LogP contribution in [0.15, 0.2) is 29.0 Å². The summed E-state index contributed by atoms with van der Waals surface area (Å²) in [7, 11) is 0. The van der Waals surface area contributed by atoms with Crippen LogP contribution in [-0.4, -0.2) is 38.7 Å². The number of carbonyl (C=O) groups is 1. The molecule has 1 heterocycles. The molecule has 24 heavy (non-hydrogen) atoms. The van der Waals surface area contributed by atoms with Gasteiger partial charge in [-0.2, -0.15) is 0 Å². The van der Waals surface area contributed by atoms with Crippen LogP contribution in [0.25, 0.3) is 11.0 Å². The maximum absolute atomic E-state index is 12.4. The van der Waals surface area contributed by atoms with Gasteiger partial charge in [-0.1, -0.05) is 6.07 Å². The zero-order chi connectivity index (χ0) is 17.3. The fraction of sp³-hybridized carbons (Fsp3) is 0.556. The van der Waals surface area contributed by atoms with E-state index >= 15 is 0 Å². The third kappa shape index (κ3) is 4.09. The van der Waals surface area contributed by atoms with Gasteiger partial charge in [-0.25, -0.2) is 9.78 Å². The molecular weight excluding hydrogens is 370 g/mol. The highest BCUT2D eigenvalue weighted by Crippen LogP contribution is 2.29. The first kappa shape index (κ1) is 17.3. The fourth-order valence-electron chi connectivity index (χ4n) is 2.79. The highest BCUT2D eigenvalue weighted by molar-refractivity contribution is 9.10. The van der Waals surface area contributed by atoms with Crippen molar-refractivity contribution in [3.63, 3.8) is 0 Å². The van der Waals surface area contributed by atoms with Crippen molar-refractivity contribution in [1.82, 2.24) is 14.5 Å². The third-order valence-corrected chi connectivity index (χ3v) is 4.64. The molecule has 5 nitrogen and oxygen atoms in total. The number of benzene rings is 1. The van der Waals surface area contributed by atoms with Crippen molar-refractivity contribution in [2.24, 2.45) is 0 Å². The Morgan fingerprint density at radius 2 is 2.17 bits per heavy atom. The van der Waals surface area contributed by atoms with Crippen LogP contribution in [0.5, 0.6) is 0 Å². The normalized spacial score (nSPS) is 14.8. The first-order valence-corrected chi connectivity index (χ1v) is 9.23. The first-order chi connectivity index (χ1) is 11.3. The van der Waals surface area contributed by atoms with Crippen molar-refractivity contribution in [2.45, 2.75) is 58.2 Å². The first-order valence-electron chi connectivity index (χ1n) is 8.44. The van der Waals surface area contributed by atoms with E-state index in [0.717, 1.165) is 41.3 Å². The van der Waals surface area contributed by atoms with Gasteiger partial charge < -0.3 is 14.2 Å². The van der Waals surface area contributed by atoms with Crippen molar-refractivity contribution in [2.75, 3.05) is 6.54 Å². The third-order valence-electron chi connectivity index (χ3n) is 4.00. The van der Waals surface area contributed by atoms with Gasteiger partial charge in [0.25, 0.3) is 0 Å². The van der Waals surface area contributed by atoms with E-state index in [9.17, 15) is 4.79 Å². The zero-order valence-electron chi connectivity index (χ0n) is 14.5. The largest absolute Gasteiger partial charge is 0.444 e. The van der Waals surface area contributed by atoms with Crippen molar-refractivity contribution in [3.05, 3.63) is 29.0 Å². The second-order valence-electron chi connectivity index (χ2n) is 7.30. The molecule has 1 aromatic carbocycles. The molecule has 0 aliphatic heterocycles. The van der Waals surface area contributed by atoms with Gasteiger partial charge >= 0.3 is 6.09 Å². The van der Waals surface area contributed by atoms with E-state index in [2.05, 4.69) is 25.5 Å². The lowest BCUT2D eigenvalue weighted by atomic mass is 10.2. The molecule has 1 aliphatic carbocycles. The molecule has 130 valence electrons. The summed E-state index contributed by atoms with van der Waals surface area (Å²) in [6, 6.07) is 6.37. The standard InChI is InChI=1S/C18H24BrN3O2/c1-18(2,3)24-17(23)22(13-8-9-13)11-5-10-21-12-20-15-7-4-6-14(19)16(15)21/h4,6-7,12-13H,5,8-11H2,1-3H3. The Bertz CT molecular complexity index is 731. The van der Waals surface area contributed by atoms with E-state index in [1.165, 1.54) is 0 Å². The van der Waals surface area contributed by atoms with Gasteiger partial charge in [-0.3, -0.25) is 0 Å². The second-order valence-corrected chi connectivity index (χ2v) is 8.16. The maximum Gasteiger partial charge on any atom is 0.410 e. The molecule has 0 saturated heterocycles. The van der Waals surface area contributed by atoms with Gasteiger partial charge in [-0.05, 0) is 68.1 Å². The lowest BCUT2D eigenvalue weighted by molar-refractivity contribution is 0.0230. The molecule has 0 unspecified atom stereocenters. The Hall–Kier alpha value is -1.56. The molecule has 1 fully saturated rings. The molecule has 6 heteroatoms. The SMILES string of the molecule is CC(C)(C)OC(=O)N(CCCn1cnc2cccc(Br)c21)C1CC1. The van der Waals surface area contributed by atoms with Crippen LogP contribution in [0.2, 0.25) is 0 Å². The minimum Gasteiger partial charge on any atom is -0.444 e. The topological polar surface area (TPSA) is 47.4 Å². The van der Waals surface area contributed by atoms with E-state index in [1.54, 1.807) is 0 Å². The molecule has 0 atom stereocenters. The quantitative estimate of drug-likeness (QED) is 0.746. The van der Waals surface area contributed by atoms with Crippen LogP contribution >= 0.6 is 15.9 Å². The lowest BCUT2D eigenvalue weighted by Crippen LogP contribution is -2.39. The number of hydrogen-bond donors (Lipinski definition) is 0. The Labute approximate surface area is 151 Å². The Morgan fingerprint density at radius 1 is 1.42 bits per heavy atom. The fourth-order valence-corrected chi connectivity index (χ4v) is 3.38. The number of ether oxygens (including phenoxy) is 1. The average Bonchev–Trinajstić information content (AvgIpc) is 3.22. The monoisotopic (exact) mass is 393 g/mol. The molecule has 0 bridgehead atoms. The summed E-state index contributed by atoms with van der Waals surface area (Å²) in [5.74, 6) is 0. The maximum atomic E-state index is 12.4. The van der Waals surface area contributed by atoms with Crippen molar-refractivity contribution in [3.8, 4) is 0 Å². The highest BCUT2D eigenvalue weighted by Gasteiger charge is 2.34. The smallest absolute Gasteiger partial charge is 0.410 e. The number of imidazole rings is 1. The predicted molar refractivity (Wildman–Crippen MR) is 98.0 cm³/mol. The second kappa shape index (κ2) is 6.75. The summed E-state index contributed by atoms with van der Waals surface area (Å²) in [4.78, 5) is 18.7. The van der Waals surface area contributed by atoms with Crippen LogP contribution in [0.1, 0.15) is 40.0 Å². The Morgan fingerprint density at radius 3 is 2.83 bits per heavy atom. The van der Waals surface area contributed by atoms with Gasteiger partial charge in [0.15, 0.2) is 0 Å². The van der Waals surface area contributed by atoms with E-state index in [-0.39, 0.29) is 6.09 Å². The van der Waals surface area contributed by atoms with Gasteiger partial charge in [0.2, 0.25) is 0 Å². The number of para-hydroxylation sites is 1. The molecule has 1 amide bonds. The van der Waals surface area contributed by atoms with Crippen molar-refractivity contribution < 1.29 is 9.53 Å². The number of rotatable bonds is 5. The molecule has 0 spiro atoms. The van der Waals surface area contributed by atoms with Crippen molar-refractivity contribution in [1.29, 1.82) is 0 Å². The summed E-state index contributed by atoms with van der Waals surface area (Å²) >= 11 is 3.59.